The van der Waals surface area contributed by atoms with Gasteiger partial charge < -0.3 is 25.0 Å². The van der Waals surface area contributed by atoms with E-state index in [9.17, 15) is 4.79 Å². The lowest BCUT2D eigenvalue weighted by molar-refractivity contribution is -0.113. The predicted molar refractivity (Wildman–Crippen MR) is 125 cm³/mol. The van der Waals surface area contributed by atoms with Gasteiger partial charge in [-0.2, -0.15) is 15.0 Å². The van der Waals surface area contributed by atoms with E-state index in [0.717, 1.165) is 11.4 Å². The number of benzene rings is 2. The molecule has 0 saturated carbocycles. The maximum absolute atomic E-state index is 12.4. The van der Waals surface area contributed by atoms with E-state index in [-0.39, 0.29) is 11.7 Å². The average Bonchev–Trinajstić information content (AvgIpc) is 2.84. The van der Waals surface area contributed by atoms with E-state index >= 15 is 0 Å². The van der Waals surface area contributed by atoms with Crippen molar-refractivity contribution in [2.75, 3.05) is 54.7 Å². The van der Waals surface area contributed by atoms with Gasteiger partial charge in [-0.25, -0.2) is 0 Å². The molecule has 1 amide bonds. The Morgan fingerprint density at radius 2 is 1.78 bits per heavy atom. The van der Waals surface area contributed by atoms with Crippen LogP contribution < -0.4 is 20.3 Å². The van der Waals surface area contributed by atoms with Crippen molar-refractivity contribution in [2.24, 2.45) is 0 Å². The van der Waals surface area contributed by atoms with Gasteiger partial charge in [-0.05, 0) is 36.4 Å². The predicted octanol–water partition coefficient (Wildman–Crippen LogP) is 3.19. The van der Waals surface area contributed by atoms with Crippen molar-refractivity contribution in [1.82, 2.24) is 15.0 Å². The second-order valence-corrected chi connectivity index (χ2v) is 7.84. The van der Waals surface area contributed by atoms with Crippen molar-refractivity contribution < 1.29 is 14.3 Å². The number of carbonyl (C=O) groups excluding carboxylic acids is 1. The van der Waals surface area contributed by atoms with E-state index < -0.39 is 0 Å². The van der Waals surface area contributed by atoms with Crippen LogP contribution in [0.1, 0.15) is 0 Å². The van der Waals surface area contributed by atoms with Gasteiger partial charge in [0.1, 0.15) is 5.75 Å². The molecule has 3 aromatic rings. The molecule has 0 aliphatic carbocycles. The molecule has 4 rings (SSSR count). The number of aromatic nitrogens is 3. The van der Waals surface area contributed by atoms with Crippen LogP contribution in [0.5, 0.6) is 5.75 Å². The molecule has 10 heteroatoms. The van der Waals surface area contributed by atoms with Crippen LogP contribution in [0.25, 0.3) is 0 Å². The second kappa shape index (κ2) is 10.8. The first-order chi connectivity index (χ1) is 15.7. The summed E-state index contributed by atoms with van der Waals surface area (Å²) in [6.07, 6.45) is 0. The summed E-state index contributed by atoms with van der Waals surface area (Å²) in [5.74, 6) is 1.76. The largest absolute Gasteiger partial charge is 0.497 e. The summed E-state index contributed by atoms with van der Waals surface area (Å²) < 4.78 is 10.6. The Morgan fingerprint density at radius 1 is 1.03 bits per heavy atom. The molecule has 1 fully saturated rings. The molecule has 0 unspecified atom stereocenters. The Morgan fingerprint density at radius 3 is 2.50 bits per heavy atom. The van der Waals surface area contributed by atoms with Gasteiger partial charge in [0.05, 0.1) is 26.1 Å². The molecule has 0 bridgehead atoms. The highest BCUT2D eigenvalue weighted by atomic mass is 32.2. The monoisotopic (exact) mass is 452 g/mol. The number of anilines is 4. The van der Waals surface area contributed by atoms with Crippen molar-refractivity contribution in [3.8, 4) is 5.75 Å². The number of morpholine rings is 1. The topological polar surface area (TPSA) is 102 Å². The number of amides is 1. The lowest BCUT2D eigenvalue weighted by Gasteiger charge is -2.27. The lowest BCUT2D eigenvalue weighted by atomic mass is 10.3. The van der Waals surface area contributed by atoms with Gasteiger partial charge in [0.2, 0.25) is 17.8 Å². The van der Waals surface area contributed by atoms with Crippen molar-refractivity contribution in [2.45, 2.75) is 5.16 Å². The fourth-order valence-electron chi connectivity index (χ4n) is 3.02. The highest BCUT2D eigenvalue weighted by Crippen LogP contribution is 2.22. The van der Waals surface area contributed by atoms with E-state index in [4.69, 9.17) is 9.47 Å². The molecular weight excluding hydrogens is 428 g/mol. The fourth-order valence-corrected chi connectivity index (χ4v) is 3.65. The zero-order valence-electron chi connectivity index (χ0n) is 17.7. The summed E-state index contributed by atoms with van der Waals surface area (Å²) in [4.78, 5) is 28.1. The quantitative estimate of drug-likeness (QED) is 0.499. The number of methoxy groups -OCH3 is 1. The van der Waals surface area contributed by atoms with E-state index in [2.05, 4.69) is 30.5 Å². The third kappa shape index (κ3) is 6.08. The van der Waals surface area contributed by atoms with Gasteiger partial charge in [-0.1, -0.05) is 30.0 Å². The maximum Gasteiger partial charge on any atom is 0.234 e. The normalized spacial score (nSPS) is 13.5. The molecule has 9 nitrogen and oxygen atoms in total. The number of carbonyl (C=O) groups is 1. The number of hydrogen-bond donors (Lipinski definition) is 2. The average molecular weight is 453 g/mol. The van der Waals surface area contributed by atoms with Crippen LogP contribution in [0, 0.1) is 0 Å². The first kappa shape index (κ1) is 21.8. The molecule has 1 aliphatic rings. The number of rotatable bonds is 8. The van der Waals surface area contributed by atoms with Gasteiger partial charge in [0, 0.05) is 24.5 Å². The van der Waals surface area contributed by atoms with E-state index in [1.165, 1.54) is 11.8 Å². The summed E-state index contributed by atoms with van der Waals surface area (Å²) in [7, 11) is 1.60. The minimum absolute atomic E-state index is 0.147. The molecule has 1 aliphatic heterocycles. The molecular formula is C22H24N6O3S. The lowest BCUT2D eigenvalue weighted by Crippen LogP contribution is -2.37. The maximum atomic E-state index is 12.4. The Hall–Kier alpha value is -3.37. The van der Waals surface area contributed by atoms with Crippen LogP contribution in [0.2, 0.25) is 0 Å². The number of para-hydroxylation sites is 1. The number of nitrogens with one attached hydrogen (secondary N) is 2. The highest BCUT2D eigenvalue weighted by molar-refractivity contribution is 7.99. The molecule has 0 atom stereocenters. The first-order valence-corrected chi connectivity index (χ1v) is 11.2. The molecule has 1 saturated heterocycles. The van der Waals surface area contributed by atoms with Crippen LogP contribution in [-0.4, -0.2) is 60.0 Å². The second-order valence-electron chi connectivity index (χ2n) is 6.90. The van der Waals surface area contributed by atoms with E-state index in [0.29, 0.717) is 49.0 Å². The summed E-state index contributed by atoms with van der Waals surface area (Å²) in [5, 5.41) is 6.56. The van der Waals surface area contributed by atoms with Crippen LogP contribution in [0.15, 0.2) is 59.8 Å². The standard InChI is InChI=1S/C22H24N6O3S/c1-30-18-9-7-17(8-10-18)23-19(29)15-32-22-26-20(24-16-5-3-2-4-6-16)25-21(27-22)28-11-13-31-14-12-28/h2-10H,11-15H2,1H3,(H,23,29)(H,24,25,26,27). The minimum Gasteiger partial charge on any atom is -0.497 e. The van der Waals surface area contributed by atoms with Gasteiger partial charge in [0.25, 0.3) is 0 Å². The molecule has 1 aromatic heterocycles. The zero-order chi connectivity index (χ0) is 22.2. The van der Waals surface area contributed by atoms with Crippen LogP contribution in [-0.2, 0) is 9.53 Å². The van der Waals surface area contributed by atoms with Gasteiger partial charge in [-0.15, -0.1) is 0 Å². The van der Waals surface area contributed by atoms with Gasteiger partial charge in [0.15, 0.2) is 5.16 Å². The summed E-state index contributed by atoms with van der Waals surface area (Å²) >= 11 is 1.26. The molecule has 2 N–H and O–H groups in total. The Labute approximate surface area is 190 Å². The SMILES string of the molecule is COc1ccc(NC(=O)CSc2nc(Nc3ccccc3)nc(N3CCOCC3)n2)cc1. The summed E-state index contributed by atoms with van der Waals surface area (Å²) in [6.45, 7) is 2.66. The van der Waals surface area contributed by atoms with Crippen LogP contribution in [0.4, 0.5) is 23.3 Å². The van der Waals surface area contributed by atoms with Crippen LogP contribution >= 0.6 is 11.8 Å². The molecule has 2 heterocycles. The number of hydrogen-bond acceptors (Lipinski definition) is 9. The van der Waals surface area contributed by atoms with Gasteiger partial charge >= 0.3 is 0 Å². The number of nitrogens with zero attached hydrogens (tertiary/aromatic N) is 4. The summed E-state index contributed by atoms with van der Waals surface area (Å²) in [5.41, 5.74) is 1.58. The van der Waals surface area contributed by atoms with Crippen LogP contribution in [0.3, 0.4) is 0 Å². The number of thioether (sulfide) groups is 1. The third-order valence-corrected chi connectivity index (χ3v) is 5.48. The van der Waals surface area contributed by atoms with E-state index in [1.807, 2.05) is 30.3 Å². The Balaban J connectivity index is 1.45. The van der Waals surface area contributed by atoms with Crippen molar-refractivity contribution in [3.63, 3.8) is 0 Å². The van der Waals surface area contributed by atoms with Crippen molar-refractivity contribution >= 4 is 40.9 Å². The Kier molecular flexibility index (Phi) is 7.36. The van der Waals surface area contributed by atoms with E-state index in [1.54, 1.807) is 31.4 Å². The molecule has 0 spiro atoms. The fraction of sp³-hybridized carbons (Fsp3) is 0.273. The minimum atomic E-state index is -0.147. The third-order valence-electron chi connectivity index (χ3n) is 4.63. The molecule has 0 radical (unpaired) electrons. The summed E-state index contributed by atoms with van der Waals surface area (Å²) in [6, 6.07) is 16.9. The van der Waals surface area contributed by atoms with Crippen molar-refractivity contribution in [3.05, 3.63) is 54.6 Å². The van der Waals surface area contributed by atoms with Crippen molar-refractivity contribution in [1.29, 1.82) is 0 Å². The first-order valence-electron chi connectivity index (χ1n) is 10.2. The molecule has 166 valence electrons. The smallest absolute Gasteiger partial charge is 0.234 e. The molecule has 32 heavy (non-hydrogen) atoms. The Bertz CT molecular complexity index is 1030. The molecule has 2 aromatic carbocycles. The highest BCUT2D eigenvalue weighted by Gasteiger charge is 2.17. The van der Waals surface area contributed by atoms with Gasteiger partial charge in [-0.3, -0.25) is 4.79 Å². The zero-order valence-corrected chi connectivity index (χ0v) is 18.5. The number of ether oxygens (including phenoxy) is 2.